The summed E-state index contributed by atoms with van der Waals surface area (Å²) in [6.45, 7) is 0.427. The van der Waals surface area contributed by atoms with E-state index in [0.717, 1.165) is 18.4 Å². The molecule has 1 fully saturated rings. The first-order valence-corrected chi connectivity index (χ1v) is 5.92. The Hall–Kier alpha value is -1.42. The van der Waals surface area contributed by atoms with Crippen LogP contribution in [0.3, 0.4) is 0 Å². The number of hydrogen-bond donors (Lipinski definition) is 2. The summed E-state index contributed by atoms with van der Waals surface area (Å²) in [5, 5.41) is 2.79. The molecule has 1 aliphatic carbocycles. The molecular weight excluding hydrogens is 219 g/mol. The number of amides is 1. The Balaban J connectivity index is 1.73. The molecule has 0 aromatic heterocycles. The Kier molecular flexibility index (Phi) is 3.74. The summed E-state index contributed by atoms with van der Waals surface area (Å²) in [4.78, 5) is 11.6. The largest absolute Gasteiger partial charge is 0.352 e. The van der Waals surface area contributed by atoms with Gasteiger partial charge in [0.05, 0.1) is 0 Å². The maximum atomic E-state index is 12.6. The molecular formula is C13H17FN2O. The molecule has 4 heteroatoms. The molecule has 3 N–H and O–H groups in total. The number of nitrogens with one attached hydrogen (secondary N) is 1. The Morgan fingerprint density at radius 2 is 2.06 bits per heavy atom. The number of nitrogens with two attached hydrogens (primary N) is 1. The van der Waals surface area contributed by atoms with Gasteiger partial charge in [0, 0.05) is 19.0 Å². The van der Waals surface area contributed by atoms with Crippen LogP contribution in [0.2, 0.25) is 0 Å². The first-order valence-electron chi connectivity index (χ1n) is 5.92. The topological polar surface area (TPSA) is 55.1 Å². The minimum Gasteiger partial charge on any atom is -0.352 e. The fraction of sp³-hybridized carbons (Fsp3) is 0.462. The lowest BCUT2D eigenvalue weighted by Gasteiger charge is -2.10. The Morgan fingerprint density at radius 1 is 1.41 bits per heavy atom. The second-order valence-corrected chi connectivity index (χ2v) is 4.61. The van der Waals surface area contributed by atoms with Gasteiger partial charge >= 0.3 is 0 Å². The van der Waals surface area contributed by atoms with Gasteiger partial charge in [-0.15, -0.1) is 0 Å². The van der Waals surface area contributed by atoms with Gasteiger partial charge in [-0.1, -0.05) is 12.1 Å². The molecule has 2 rings (SSSR count). The van der Waals surface area contributed by atoms with Crippen LogP contribution in [0.15, 0.2) is 24.3 Å². The molecule has 0 spiro atoms. The smallest absolute Gasteiger partial charge is 0.221 e. The van der Waals surface area contributed by atoms with Crippen molar-refractivity contribution in [1.29, 1.82) is 0 Å². The van der Waals surface area contributed by atoms with Crippen LogP contribution in [0.1, 0.15) is 24.8 Å². The SMILES string of the molecule is NC(CC(=O)NCc1ccc(F)cc1)C1CC1. The lowest BCUT2D eigenvalue weighted by Crippen LogP contribution is -2.32. The van der Waals surface area contributed by atoms with Crippen molar-refractivity contribution < 1.29 is 9.18 Å². The summed E-state index contributed by atoms with van der Waals surface area (Å²) in [6.07, 6.45) is 2.67. The first kappa shape index (κ1) is 12.0. The van der Waals surface area contributed by atoms with Crippen LogP contribution in [-0.2, 0) is 11.3 Å². The molecule has 1 saturated carbocycles. The summed E-state index contributed by atoms with van der Waals surface area (Å²) in [5.74, 6) is 0.233. The van der Waals surface area contributed by atoms with Crippen molar-refractivity contribution in [1.82, 2.24) is 5.32 Å². The number of carbonyl (C=O) groups is 1. The van der Waals surface area contributed by atoms with Crippen LogP contribution >= 0.6 is 0 Å². The predicted octanol–water partition coefficient (Wildman–Crippen LogP) is 1.57. The third-order valence-electron chi connectivity index (χ3n) is 3.05. The van der Waals surface area contributed by atoms with Crippen molar-refractivity contribution in [3.05, 3.63) is 35.6 Å². The minimum atomic E-state index is -0.268. The predicted molar refractivity (Wildman–Crippen MR) is 63.6 cm³/mol. The lowest BCUT2D eigenvalue weighted by atomic mass is 10.1. The van der Waals surface area contributed by atoms with Gasteiger partial charge in [-0.25, -0.2) is 4.39 Å². The fourth-order valence-corrected chi connectivity index (χ4v) is 1.78. The van der Waals surface area contributed by atoms with Crippen molar-refractivity contribution in [3.63, 3.8) is 0 Å². The highest BCUT2D eigenvalue weighted by Gasteiger charge is 2.29. The van der Waals surface area contributed by atoms with Crippen molar-refractivity contribution >= 4 is 5.91 Å². The maximum absolute atomic E-state index is 12.6. The zero-order chi connectivity index (χ0) is 12.3. The lowest BCUT2D eigenvalue weighted by molar-refractivity contribution is -0.121. The molecule has 1 aromatic carbocycles. The molecule has 1 unspecified atom stereocenters. The Bertz CT molecular complexity index is 387. The average molecular weight is 236 g/mol. The van der Waals surface area contributed by atoms with E-state index in [2.05, 4.69) is 5.32 Å². The van der Waals surface area contributed by atoms with E-state index < -0.39 is 0 Å². The maximum Gasteiger partial charge on any atom is 0.221 e. The highest BCUT2D eigenvalue weighted by molar-refractivity contribution is 5.76. The molecule has 0 saturated heterocycles. The Morgan fingerprint density at radius 3 is 2.65 bits per heavy atom. The molecule has 1 aromatic rings. The van der Waals surface area contributed by atoms with Gasteiger partial charge in [0.2, 0.25) is 5.91 Å². The van der Waals surface area contributed by atoms with E-state index in [4.69, 9.17) is 5.73 Å². The van der Waals surface area contributed by atoms with Gasteiger partial charge in [-0.05, 0) is 36.5 Å². The summed E-state index contributed by atoms with van der Waals surface area (Å²) in [7, 11) is 0. The number of carbonyl (C=O) groups excluding carboxylic acids is 1. The molecule has 1 aliphatic rings. The highest BCUT2D eigenvalue weighted by atomic mass is 19.1. The summed E-state index contributed by atoms with van der Waals surface area (Å²) in [6, 6.07) is 6.09. The van der Waals surface area contributed by atoms with Crippen LogP contribution in [0.4, 0.5) is 4.39 Å². The van der Waals surface area contributed by atoms with Gasteiger partial charge in [-0.2, -0.15) is 0 Å². The van der Waals surface area contributed by atoms with Crippen molar-refractivity contribution in [2.75, 3.05) is 0 Å². The summed E-state index contributed by atoms with van der Waals surface area (Å²) < 4.78 is 12.6. The molecule has 0 aliphatic heterocycles. The fourth-order valence-electron chi connectivity index (χ4n) is 1.78. The van der Waals surface area contributed by atoms with E-state index in [9.17, 15) is 9.18 Å². The molecule has 0 heterocycles. The van der Waals surface area contributed by atoms with Crippen LogP contribution in [0, 0.1) is 11.7 Å². The van der Waals surface area contributed by atoms with E-state index in [1.165, 1.54) is 12.1 Å². The molecule has 92 valence electrons. The van der Waals surface area contributed by atoms with Crippen LogP contribution in [-0.4, -0.2) is 11.9 Å². The monoisotopic (exact) mass is 236 g/mol. The molecule has 0 radical (unpaired) electrons. The third kappa shape index (κ3) is 3.82. The van der Waals surface area contributed by atoms with Crippen LogP contribution in [0.25, 0.3) is 0 Å². The summed E-state index contributed by atoms with van der Waals surface area (Å²) in [5.41, 5.74) is 6.75. The van der Waals surface area contributed by atoms with E-state index in [-0.39, 0.29) is 17.8 Å². The number of rotatable bonds is 5. The molecule has 1 amide bonds. The van der Waals surface area contributed by atoms with Gasteiger partial charge in [0.1, 0.15) is 5.82 Å². The molecule has 1 atom stereocenters. The Labute approximate surface area is 100 Å². The van der Waals surface area contributed by atoms with Crippen LogP contribution < -0.4 is 11.1 Å². The van der Waals surface area contributed by atoms with E-state index >= 15 is 0 Å². The number of benzene rings is 1. The van der Waals surface area contributed by atoms with Crippen LogP contribution in [0.5, 0.6) is 0 Å². The van der Waals surface area contributed by atoms with E-state index in [0.29, 0.717) is 18.9 Å². The number of hydrogen-bond acceptors (Lipinski definition) is 2. The molecule has 0 bridgehead atoms. The molecule has 3 nitrogen and oxygen atoms in total. The minimum absolute atomic E-state index is 0.0109. The van der Waals surface area contributed by atoms with Crippen molar-refractivity contribution in [2.24, 2.45) is 11.7 Å². The zero-order valence-corrected chi connectivity index (χ0v) is 9.66. The normalized spacial score (nSPS) is 16.6. The first-order chi connectivity index (χ1) is 8.15. The van der Waals surface area contributed by atoms with Gasteiger partial charge in [-0.3, -0.25) is 4.79 Å². The van der Waals surface area contributed by atoms with E-state index in [1.54, 1.807) is 12.1 Å². The van der Waals surface area contributed by atoms with Gasteiger partial charge in [0.25, 0.3) is 0 Å². The van der Waals surface area contributed by atoms with Crippen molar-refractivity contribution in [2.45, 2.75) is 31.8 Å². The summed E-state index contributed by atoms with van der Waals surface area (Å²) >= 11 is 0. The molecule has 17 heavy (non-hydrogen) atoms. The van der Waals surface area contributed by atoms with Crippen molar-refractivity contribution in [3.8, 4) is 0 Å². The second-order valence-electron chi connectivity index (χ2n) is 4.61. The zero-order valence-electron chi connectivity index (χ0n) is 9.66. The van der Waals surface area contributed by atoms with Gasteiger partial charge in [0.15, 0.2) is 0 Å². The quantitative estimate of drug-likeness (QED) is 0.815. The second kappa shape index (κ2) is 5.27. The third-order valence-corrected chi connectivity index (χ3v) is 3.05. The average Bonchev–Trinajstić information content (AvgIpc) is 3.12. The van der Waals surface area contributed by atoms with Gasteiger partial charge < -0.3 is 11.1 Å². The van der Waals surface area contributed by atoms with E-state index in [1.807, 2.05) is 0 Å². The highest BCUT2D eigenvalue weighted by Crippen LogP contribution is 2.32. The standard InChI is InChI=1S/C13H17FN2O/c14-11-5-1-9(2-6-11)8-16-13(17)7-12(15)10-3-4-10/h1-2,5-6,10,12H,3-4,7-8,15H2,(H,16,17). The number of halogens is 1.